The van der Waals surface area contributed by atoms with Crippen molar-refractivity contribution in [3.8, 4) is 6.07 Å². The van der Waals surface area contributed by atoms with Gasteiger partial charge in [0.2, 0.25) is 0 Å². The van der Waals surface area contributed by atoms with Crippen LogP contribution in [0.5, 0.6) is 0 Å². The van der Waals surface area contributed by atoms with Gasteiger partial charge in [-0.15, -0.1) is 0 Å². The predicted molar refractivity (Wildman–Crippen MR) is 63.9 cm³/mol. The van der Waals surface area contributed by atoms with Gasteiger partial charge < -0.3 is 15.8 Å². The van der Waals surface area contributed by atoms with E-state index < -0.39 is 11.8 Å². The van der Waals surface area contributed by atoms with E-state index in [0.717, 1.165) is 6.07 Å². The number of halogens is 1. The molecule has 0 fully saturated rings. The molecule has 0 saturated carbocycles. The van der Waals surface area contributed by atoms with Crippen molar-refractivity contribution in [2.75, 3.05) is 5.32 Å². The first-order chi connectivity index (χ1) is 8.49. The third-order valence-corrected chi connectivity index (χ3v) is 2.20. The van der Waals surface area contributed by atoms with E-state index >= 15 is 0 Å². The Hall–Kier alpha value is -2.68. The number of carboxylic acid groups (broad SMARTS) is 1. The van der Waals surface area contributed by atoms with E-state index in [0.29, 0.717) is 6.21 Å². The molecule has 0 aliphatic heterocycles. The number of allylic oxidation sites excluding steroid dienone is 1. The fourth-order valence-corrected chi connectivity index (χ4v) is 1.29. The highest BCUT2D eigenvalue weighted by Crippen LogP contribution is 2.18. The molecule has 0 aliphatic rings. The van der Waals surface area contributed by atoms with Crippen molar-refractivity contribution in [3.63, 3.8) is 0 Å². The summed E-state index contributed by atoms with van der Waals surface area (Å²) >= 11 is 0. The van der Waals surface area contributed by atoms with Crippen LogP contribution in [0.2, 0.25) is 0 Å². The Kier molecular flexibility index (Phi) is 4.16. The lowest BCUT2D eigenvalue weighted by Crippen LogP contribution is -2.10. The maximum Gasteiger partial charge on any atom is 0.339 e. The highest BCUT2D eigenvalue weighted by molar-refractivity contribution is 6.08. The van der Waals surface area contributed by atoms with E-state index in [1.54, 1.807) is 6.07 Å². The smallest absolute Gasteiger partial charge is 0.339 e. The highest BCUT2D eigenvalue weighted by Gasteiger charge is 2.10. The van der Waals surface area contributed by atoms with Gasteiger partial charge in [-0.05, 0) is 25.1 Å². The fourth-order valence-electron chi connectivity index (χ4n) is 1.29. The molecule has 0 saturated heterocycles. The Labute approximate surface area is 103 Å². The molecule has 0 atom stereocenters. The second-order valence-corrected chi connectivity index (χ2v) is 3.42. The number of nitrogens with one attached hydrogen (secondary N) is 2. The summed E-state index contributed by atoms with van der Waals surface area (Å²) in [5, 5.41) is 26.9. The summed E-state index contributed by atoms with van der Waals surface area (Å²) in [6.07, 6.45) is 0.673. The van der Waals surface area contributed by atoms with Crippen LogP contribution in [0.15, 0.2) is 29.5 Å². The monoisotopic (exact) mass is 247 g/mol. The molecule has 0 spiro atoms. The fraction of sp³-hybridized carbons (Fsp3) is 0.0833. The summed E-state index contributed by atoms with van der Waals surface area (Å²) in [5.41, 5.74) is 0.0946. The number of hydrogen-bond acceptors (Lipinski definition) is 4. The minimum absolute atomic E-state index is 0.0482. The molecule has 0 unspecified atom stereocenters. The Bertz CT molecular complexity index is 573. The predicted octanol–water partition coefficient (Wildman–Crippen LogP) is 2.12. The summed E-state index contributed by atoms with van der Waals surface area (Å²) in [7, 11) is 0. The van der Waals surface area contributed by atoms with Gasteiger partial charge in [-0.2, -0.15) is 5.26 Å². The van der Waals surface area contributed by atoms with Crippen LogP contribution in [0.4, 0.5) is 10.1 Å². The third kappa shape index (κ3) is 2.92. The zero-order chi connectivity index (χ0) is 13.7. The molecular formula is C12H10FN3O2. The molecule has 18 heavy (non-hydrogen) atoms. The van der Waals surface area contributed by atoms with Crippen LogP contribution < -0.4 is 5.32 Å². The van der Waals surface area contributed by atoms with E-state index in [1.165, 1.54) is 19.1 Å². The van der Waals surface area contributed by atoms with Gasteiger partial charge in [-0.25, -0.2) is 9.18 Å². The van der Waals surface area contributed by atoms with Gasteiger partial charge in [0.1, 0.15) is 5.82 Å². The van der Waals surface area contributed by atoms with Gasteiger partial charge in [0.15, 0.2) is 0 Å². The normalized spacial score (nSPS) is 11.2. The minimum Gasteiger partial charge on any atom is -0.478 e. The van der Waals surface area contributed by atoms with E-state index in [-0.39, 0.29) is 22.5 Å². The number of nitriles is 1. The van der Waals surface area contributed by atoms with Crippen LogP contribution >= 0.6 is 0 Å². The molecule has 3 N–H and O–H groups in total. The average Bonchev–Trinajstić information content (AvgIpc) is 2.32. The van der Waals surface area contributed by atoms with E-state index in [2.05, 4.69) is 5.32 Å². The topological polar surface area (TPSA) is 97.0 Å². The minimum atomic E-state index is -1.27. The van der Waals surface area contributed by atoms with Gasteiger partial charge in [0.25, 0.3) is 0 Å². The van der Waals surface area contributed by atoms with E-state index in [4.69, 9.17) is 15.8 Å². The maximum atomic E-state index is 13.5. The zero-order valence-electron chi connectivity index (χ0n) is 9.49. The molecule has 1 aromatic rings. The van der Waals surface area contributed by atoms with Crippen molar-refractivity contribution in [2.24, 2.45) is 0 Å². The molecule has 6 heteroatoms. The average molecular weight is 247 g/mol. The summed E-state index contributed by atoms with van der Waals surface area (Å²) in [6, 6.07) is 5.57. The SMILES string of the molecule is C/C(Nc1ccc(C#N)cc1F)=C(/C=N)C(=O)O. The largest absolute Gasteiger partial charge is 0.478 e. The molecule has 0 bridgehead atoms. The molecule has 0 heterocycles. The van der Waals surface area contributed by atoms with Crippen LogP contribution in [-0.4, -0.2) is 17.3 Å². The molecule has 0 radical (unpaired) electrons. The van der Waals surface area contributed by atoms with Gasteiger partial charge in [-0.1, -0.05) is 0 Å². The van der Waals surface area contributed by atoms with Gasteiger partial charge >= 0.3 is 5.97 Å². The Balaban J connectivity index is 3.09. The van der Waals surface area contributed by atoms with Crippen molar-refractivity contribution in [2.45, 2.75) is 6.92 Å². The molecule has 1 rings (SSSR count). The van der Waals surface area contributed by atoms with Crippen molar-refractivity contribution in [1.82, 2.24) is 0 Å². The molecule has 92 valence electrons. The third-order valence-electron chi connectivity index (χ3n) is 2.20. The number of aliphatic carboxylic acids is 1. The molecule has 0 aliphatic carbocycles. The zero-order valence-corrected chi connectivity index (χ0v) is 9.49. The maximum absolute atomic E-state index is 13.5. The Morgan fingerprint density at radius 1 is 1.61 bits per heavy atom. The molecule has 5 nitrogen and oxygen atoms in total. The first kappa shape index (κ1) is 13.4. The number of carbonyl (C=O) groups is 1. The summed E-state index contributed by atoms with van der Waals surface area (Å²) in [5.74, 6) is -1.94. The Morgan fingerprint density at radius 3 is 2.72 bits per heavy atom. The molecule has 1 aromatic carbocycles. The van der Waals surface area contributed by atoms with Gasteiger partial charge in [0.05, 0.1) is 22.9 Å². The second kappa shape index (κ2) is 5.59. The first-order valence-corrected chi connectivity index (χ1v) is 4.91. The van der Waals surface area contributed by atoms with E-state index in [9.17, 15) is 9.18 Å². The summed E-state index contributed by atoms with van der Waals surface area (Å²) in [4.78, 5) is 10.8. The number of carboxylic acids is 1. The van der Waals surface area contributed by atoms with Crippen molar-refractivity contribution in [3.05, 3.63) is 40.8 Å². The lowest BCUT2D eigenvalue weighted by molar-refractivity contribution is -0.132. The number of rotatable bonds is 4. The van der Waals surface area contributed by atoms with Gasteiger partial charge in [0, 0.05) is 11.9 Å². The number of benzene rings is 1. The molecule has 0 aromatic heterocycles. The van der Waals surface area contributed by atoms with Gasteiger partial charge in [-0.3, -0.25) is 0 Å². The summed E-state index contributed by atoms with van der Waals surface area (Å²) < 4.78 is 13.5. The quantitative estimate of drug-likeness (QED) is 0.560. The number of hydrogen-bond donors (Lipinski definition) is 3. The van der Waals surface area contributed by atoms with Crippen LogP contribution in [-0.2, 0) is 4.79 Å². The Morgan fingerprint density at radius 2 is 2.28 bits per heavy atom. The second-order valence-electron chi connectivity index (χ2n) is 3.42. The molecular weight excluding hydrogens is 237 g/mol. The van der Waals surface area contributed by atoms with Crippen LogP contribution in [0.3, 0.4) is 0 Å². The van der Waals surface area contributed by atoms with E-state index in [1.807, 2.05) is 0 Å². The van der Waals surface area contributed by atoms with Crippen molar-refractivity contribution in [1.29, 1.82) is 10.7 Å². The van der Waals surface area contributed by atoms with Crippen LogP contribution in [0.25, 0.3) is 0 Å². The van der Waals surface area contributed by atoms with Crippen LogP contribution in [0, 0.1) is 22.6 Å². The first-order valence-electron chi connectivity index (χ1n) is 4.91. The van der Waals surface area contributed by atoms with Crippen molar-refractivity contribution >= 4 is 17.9 Å². The standard InChI is InChI=1S/C12H10FN3O2/c1-7(9(6-15)12(17)18)16-11-3-2-8(5-14)4-10(11)13/h2-4,6,15-16H,1H3,(H,17,18)/b9-7+,15-6?. The summed E-state index contributed by atoms with van der Waals surface area (Å²) in [6.45, 7) is 1.42. The lowest BCUT2D eigenvalue weighted by atomic mass is 10.2. The highest BCUT2D eigenvalue weighted by atomic mass is 19.1. The number of nitrogens with zero attached hydrogens (tertiary/aromatic N) is 1. The van der Waals surface area contributed by atoms with Crippen LogP contribution in [0.1, 0.15) is 12.5 Å². The molecule has 0 amide bonds. The van der Waals surface area contributed by atoms with Crippen molar-refractivity contribution < 1.29 is 14.3 Å². The lowest BCUT2D eigenvalue weighted by Gasteiger charge is -2.09. The number of anilines is 1.